The van der Waals surface area contributed by atoms with E-state index < -0.39 is 5.91 Å². The third kappa shape index (κ3) is 5.93. The fourth-order valence-electron chi connectivity index (χ4n) is 2.41. The van der Waals surface area contributed by atoms with Crippen LogP contribution in [0.1, 0.15) is 11.1 Å². The van der Waals surface area contributed by atoms with E-state index in [1.807, 2.05) is 18.2 Å². The van der Waals surface area contributed by atoms with E-state index in [-0.39, 0.29) is 23.7 Å². The molecule has 0 radical (unpaired) electrons. The maximum Gasteiger partial charge on any atom is 0.262 e. The number of benzene rings is 2. The number of carbonyl (C=O) groups excluding carboxylic acids is 1. The van der Waals surface area contributed by atoms with E-state index in [4.69, 9.17) is 32.2 Å². The van der Waals surface area contributed by atoms with E-state index in [1.165, 1.54) is 13.2 Å². The van der Waals surface area contributed by atoms with E-state index in [1.54, 1.807) is 31.4 Å². The topological polar surface area (TPSA) is 80.6 Å². The van der Waals surface area contributed by atoms with Gasteiger partial charge in [-0.15, -0.1) is 6.42 Å². The fraction of sp³-hybridized carbons (Fsp3) is 0.182. The van der Waals surface area contributed by atoms with Gasteiger partial charge in [0.15, 0.2) is 11.5 Å². The molecule has 1 amide bonds. The van der Waals surface area contributed by atoms with Crippen molar-refractivity contribution in [2.75, 3.05) is 20.8 Å². The predicted molar refractivity (Wildman–Crippen MR) is 111 cm³/mol. The molecular formula is C22H19ClN2O4. The Bertz CT molecular complexity index is 986. The van der Waals surface area contributed by atoms with Crippen LogP contribution in [0.3, 0.4) is 0 Å². The van der Waals surface area contributed by atoms with Gasteiger partial charge < -0.3 is 19.5 Å². The van der Waals surface area contributed by atoms with Crippen molar-refractivity contribution >= 4 is 23.6 Å². The van der Waals surface area contributed by atoms with Crippen molar-refractivity contribution in [2.24, 2.45) is 0 Å². The lowest BCUT2D eigenvalue weighted by atomic mass is 10.1. The van der Waals surface area contributed by atoms with Gasteiger partial charge in [-0.25, -0.2) is 0 Å². The molecular weight excluding hydrogens is 392 g/mol. The van der Waals surface area contributed by atoms with Crippen LogP contribution >= 0.6 is 11.6 Å². The molecule has 0 bridgehead atoms. The van der Waals surface area contributed by atoms with Gasteiger partial charge >= 0.3 is 0 Å². The molecule has 0 aliphatic rings. The zero-order valence-corrected chi connectivity index (χ0v) is 16.7. The van der Waals surface area contributed by atoms with Gasteiger partial charge in [0.2, 0.25) is 0 Å². The van der Waals surface area contributed by atoms with E-state index in [0.29, 0.717) is 17.1 Å². The average molecular weight is 411 g/mol. The number of nitrogens with one attached hydrogen (secondary N) is 1. The molecule has 0 aromatic heterocycles. The highest BCUT2D eigenvalue weighted by molar-refractivity contribution is 6.32. The van der Waals surface area contributed by atoms with Gasteiger partial charge in [0, 0.05) is 6.54 Å². The molecule has 0 heterocycles. The highest BCUT2D eigenvalue weighted by atomic mass is 35.5. The average Bonchev–Trinajstić information content (AvgIpc) is 2.75. The maximum absolute atomic E-state index is 12.4. The number of hydrogen-bond acceptors (Lipinski definition) is 5. The van der Waals surface area contributed by atoms with Crippen LogP contribution in [-0.2, 0) is 11.3 Å². The molecule has 1 N–H and O–H groups in total. The van der Waals surface area contributed by atoms with Crippen LogP contribution in [0.2, 0.25) is 5.02 Å². The molecule has 0 fully saturated rings. The Hall–Kier alpha value is -3.61. The van der Waals surface area contributed by atoms with Crippen molar-refractivity contribution in [2.45, 2.75) is 6.54 Å². The van der Waals surface area contributed by atoms with Gasteiger partial charge in [-0.2, -0.15) is 5.26 Å². The quantitative estimate of drug-likeness (QED) is 0.408. The number of terminal acetylenes is 1. The fourth-order valence-corrected chi connectivity index (χ4v) is 2.69. The number of halogens is 1. The molecule has 29 heavy (non-hydrogen) atoms. The van der Waals surface area contributed by atoms with Gasteiger partial charge in [0.1, 0.15) is 24.0 Å². The third-order valence-electron chi connectivity index (χ3n) is 3.84. The molecule has 0 unspecified atom stereocenters. The van der Waals surface area contributed by atoms with Gasteiger partial charge in [-0.3, -0.25) is 4.79 Å². The SMILES string of the molecule is C#CCOc1c(Cl)cc(/C=C(/C#N)C(=O)NCc2ccc(OC)cc2)cc1OC. The van der Waals surface area contributed by atoms with Crippen molar-refractivity contribution in [3.8, 4) is 35.7 Å². The summed E-state index contributed by atoms with van der Waals surface area (Å²) in [6, 6.07) is 12.3. The highest BCUT2D eigenvalue weighted by Gasteiger charge is 2.14. The summed E-state index contributed by atoms with van der Waals surface area (Å²) < 4.78 is 15.7. The first-order chi connectivity index (χ1) is 14.0. The van der Waals surface area contributed by atoms with Crippen LogP contribution in [0.25, 0.3) is 6.08 Å². The van der Waals surface area contributed by atoms with Crippen LogP contribution < -0.4 is 19.5 Å². The number of amides is 1. The van der Waals surface area contributed by atoms with Crippen molar-refractivity contribution in [3.63, 3.8) is 0 Å². The Morgan fingerprint density at radius 2 is 1.97 bits per heavy atom. The van der Waals surface area contributed by atoms with Crippen LogP contribution in [0, 0.1) is 23.7 Å². The summed E-state index contributed by atoms with van der Waals surface area (Å²) >= 11 is 6.22. The van der Waals surface area contributed by atoms with E-state index in [9.17, 15) is 10.1 Å². The number of methoxy groups -OCH3 is 2. The zero-order valence-electron chi connectivity index (χ0n) is 16.0. The number of nitrogens with zero attached hydrogens (tertiary/aromatic N) is 1. The normalized spacial score (nSPS) is 10.4. The number of hydrogen-bond donors (Lipinski definition) is 1. The Labute approximate surface area is 174 Å². The summed E-state index contributed by atoms with van der Waals surface area (Å²) in [6.07, 6.45) is 6.61. The Morgan fingerprint density at radius 3 is 2.55 bits per heavy atom. The molecule has 0 saturated carbocycles. The number of rotatable bonds is 8. The van der Waals surface area contributed by atoms with Gasteiger partial charge in [0.05, 0.1) is 19.2 Å². The molecule has 0 saturated heterocycles. The minimum Gasteiger partial charge on any atom is -0.497 e. The zero-order chi connectivity index (χ0) is 21.2. The number of nitriles is 1. The van der Waals surface area contributed by atoms with Crippen molar-refractivity contribution in [1.29, 1.82) is 5.26 Å². The summed E-state index contributed by atoms with van der Waals surface area (Å²) in [5, 5.41) is 12.3. The second kappa shape index (κ2) is 10.7. The lowest BCUT2D eigenvalue weighted by Gasteiger charge is -2.12. The number of ether oxygens (including phenoxy) is 3. The summed E-state index contributed by atoms with van der Waals surface area (Å²) in [5.74, 6) is 3.20. The van der Waals surface area contributed by atoms with Crippen LogP contribution in [-0.4, -0.2) is 26.7 Å². The number of carbonyl (C=O) groups is 1. The standard InChI is InChI=1S/C22H19ClN2O4/c1-4-9-29-21-19(23)11-16(12-20(21)28-3)10-17(13-24)22(26)25-14-15-5-7-18(27-2)8-6-15/h1,5-8,10-12H,9,14H2,2-3H3,(H,25,26)/b17-10-. The predicted octanol–water partition coefficient (Wildman–Crippen LogP) is 3.59. The second-order valence-electron chi connectivity index (χ2n) is 5.73. The molecule has 0 spiro atoms. The summed E-state index contributed by atoms with van der Waals surface area (Å²) in [5.41, 5.74) is 1.31. The van der Waals surface area contributed by atoms with Crippen molar-refractivity contribution in [1.82, 2.24) is 5.32 Å². The summed E-state index contributed by atoms with van der Waals surface area (Å²) in [4.78, 5) is 12.4. The minimum absolute atomic E-state index is 0.0302. The second-order valence-corrected chi connectivity index (χ2v) is 6.13. The molecule has 148 valence electrons. The first-order valence-corrected chi connectivity index (χ1v) is 8.86. The Balaban J connectivity index is 2.17. The maximum atomic E-state index is 12.4. The first kappa shape index (κ1) is 21.7. The third-order valence-corrected chi connectivity index (χ3v) is 4.12. The molecule has 0 aliphatic heterocycles. The lowest BCUT2D eigenvalue weighted by molar-refractivity contribution is -0.117. The van der Waals surface area contributed by atoms with Gasteiger partial charge in [-0.1, -0.05) is 29.7 Å². The summed E-state index contributed by atoms with van der Waals surface area (Å²) in [6.45, 7) is 0.299. The van der Waals surface area contributed by atoms with Gasteiger partial charge in [0.25, 0.3) is 5.91 Å². The molecule has 2 aromatic rings. The molecule has 7 heteroatoms. The Kier molecular flexibility index (Phi) is 7.97. The van der Waals surface area contributed by atoms with Crippen LogP contribution in [0.5, 0.6) is 17.2 Å². The van der Waals surface area contributed by atoms with Crippen molar-refractivity contribution < 1.29 is 19.0 Å². The molecule has 0 aliphatic carbocycles. The smallest absolute Gasteiger partial charge is 0.262 e. The molecule has 0 atom stereocenters. The van der Waals surface area contributed by atoms with E-state index in [0.717, 1.165) is 11.3 Å². The largest absolute Gasteiger partial charge is 0.497 e. The van der Waals surface area contributed by atoms with Gasteiger partial charge in [-0.05, 0) is 41.5 Å². The van der Waals surface area contributed by atoms with Crippen molar-refractivity contribution in [3.05, 3.63) is 58.1 Å². The molecule has 6 nitrogen and oxygen atoms in total. The monoisotopic (exact) mass is 410 g/mol. The first-order valence-electron chi connectivity index (χ1n) is 8.49. The Morgan fingerprint density at radius 1 is 1.24 bits per heavy atom. The summed E-state index contributed by atoms with van der Waals surface area (Å²) in [7, 11) is 3.03. The van der Waals surface area contributed by atoms with Crippen LogP contribution in [0.15, 0.2) is 42.0 Å². The molecule has 2 rings (SSSR count). The van der Waals surface area contributed by atoms with Crippen LogP contribution in [0.4, 0.5) is 0 Å². The molecule has 2 aromatic carbocycles. The lowest BCUT2D eigenvalue weighted by Crippen LogP contribution is -2.23. The highest BCUT2D eigenvalue weighted by Crippen LogP contribution is 2.37. The van der Waals surface area contributed by atoms with E-state index in [2.05, 4.69) is 11.2 Å². The minimum atomic E-state index is -0.508. The van der Waals surface area contributed by atoms with E-state index >= 15 is 0 Å².